The fourth-order valence-corrected chi connectivity index (χ4v) is 0.447. The molecule has 0 unspecified atom stereocenters. The van der Waals surface area contributed by atoms with Gasteiger partial charge < -0.3 is 21.5 Å². The van der Waals surface area contributed by atoms with E-state index in [1.807, 2.05) is 6.92 Å². The summed E-state index contributed by atoms with van der Waals surface area (Å²) in [5, 5.41) is 0. The van der Waals surface area contributed by atoms with E-state index in [-0.39, 0.29) is 17.0 Å². The molecule has 0 rings (SSSR count). The summed E-state index contributed by atoms with van der Waals surface area (Å²) < 4.78 is 0.913. The third-order valence-electron chi connectivity index (χ3n) is 0.596. The Balaban J connectivity index is 0. The van der Waals surface area contributed by atoms with Crippen molar-refractivity contribution in [2.45, 2.75) is 6.92 Å². The van der Waals surface area contributed by atoms with Crippen LogP contribution >= 0.6 is 0 Å². The highest BCUT2D eigenvalue weighted by atomic mass is 79.9. The number of quaternary nitrogens is 1. The van der Waals surface area contributed by atoms with Crippen molar-refractivity contribution in [2.24, 2.45) is 0 Å². The zero-order valence-electron chi connectivity index (χ0n) is 5.98. The molecule has 1 nitrogen and oxygen atoms in total. The molecule has 0 aromatic heterocycles. The molecular weight excluding hydrogens is 166 g/mol. The Morgan fingerprint density at radius 2 is 1.50 bits per heavy atom. The molecule has 0 saturated heterocycles. The van der Waals surface area contributed by atoms with Crippen LogP contribution in [0.3, 0.4) is 0 Å². The van der Waals surface area contributed by atoms with Crippen molar-refractivity contribution in [3.63, 3.8) is 0 Å². The summed E-state index contributed by atoms with van der Waals surface area (Å²) in [6.45, 7) is 2.03. The third kappa shape index (κ3) is 9.49. The van der Waals surface area contributed by atoms with E-state index in [2.05, 4.69) is 33.4 Å². The number of halogens is 1. The molecule has 50 valence electrons. The van der Waals surface area contributed by atoms with Crippen molar-refractivity contribution >= 4 is 0 Å². The van der Waals surface area contributed by atoms with Crippen LogP contribution in [0.1, 0.15) is 6.92 Å². The molecule has 0 saturated carbocycles. The monoisotopic (exact) mass is 179 g/mol. The second-order valence-corrected chi connectivity index (χ2v) is 2.60. The number of hydrogen-bond acceptors (Lipinski definition) is 0. The summed E-state index contributed by atoms with van der Waals surface area (Å²) in [4.78, 5) is 0. The standard InChI is InChI=1S/C6H14N.BrH/c1-5-6-7(2,3)4;/h5-6H,1-4H3;1H/q+1;/p-1. The molecule has 0 aromatic rings. The largest absolute Gasteiger partial charge is 1.00 e. The molecule has 0 aliphatic rings. The minimum atomic E-state index is 0. The minimum absolute atomic E-state index is 0. The van der Waals surface area contributed by atoms with Gasteiger partial charge in [-0.05, 0) is 13.0 Å². The molecule has 0 amide bonds. The van der Waals surface area contributed by atoms with Gasteiger partial charge in [0.25, 0.3) is 0 Å². The second kappa shape index (κ2) is 4.10. The first-order valence-electron chi connectivity index (χ1n) is 2.51. The van der Waals surface area contributed by atoms with Gasteiger partial charge in [0.2, 0.25) is 0 Å². The van der Waals surface area contributed by atoms with Crippen LogP contribution in [0.15, 0.2) is 12.3 Å². The molecule has 0 bridgehead atoms. The maximum atomic E-state index is 2.12. The Morgan fingerprint density at radius 1 is 1.12 bits per heavy atom. The zero-order valence-corrected chi connectivity index (χ0v) is 7.57. The Kier molecular flexibility index (Phi) is 5.66. The lowest BCUT2D eigenvalue weighted by Gasteiger charge is -2.16. The van der Waals surface area contributed by atoms with Gasteiger partial charge in [-0.25, -0.2) is 0 Å². The average Bonchev–Trinajstić information content (AvgIpc) is 1.30. The maximum absolute atomic E-state index is 2.12. The molecule has 0 atom stereocenters. The van der Waals surface area contributed by atoms with Crippen molar-refractivity contribution in [3.05, 3.63) is 12.3 Å². The Bertz CT molecular complexity index is 71.1. The van der Waals surface area contributed by atoms with E-state index < -0.39 is 0 Å². The van der Waals surface area contributed by atoms with E-state index >= 15 is 0 Å². The van der Waals surface area contributed by atoms with Crippen LogP contribution in [0.4, 0.5) is 0 Å². The highest BCUT2D eigenvalue weighted by Gasteiger charge is 1.95. The van der Waals surface area contributed by atoms with Gasteiger partial charge in [-0.2, -0.15) is 0 Å². The maximum Gasteiger partial charge on any atom is 0.0908 e. The lowest BCUT2D eigenvalue weighted by molar-refractivity contribution is -0.817. The molecular formula is C6H14BrN. The first-order chi connectivity index (χ1) is 3.06. The number of nitrogens with zero attached hydrogens (tertiary/aromatic N) is 1. The number of rotatable bonds is 1. The fraction of sp³-hybridized carbons (Fsp3) is 0.667. The molecule has 0 N–H and O–H groups in total. The molecule has 0 aromatic carbocycles. The van der Waals surface area contributed by atoms with Crippen LogP contribution in [0.2, 0.25) is 0 Å². The lowest BCUT2D eigenvalue weighted by Crippen LogP contribution is -3.00. The van der Waals surface area contributed by atoms with E-state index in [4.69, 9.17) is 0 Å². The van der Waals surface area contributed by atoms with E-state index in [9.17, 15) is 0 Å². The lowest BCUT2D eigenvalue weighted by atomic mass is 10.6. The van der Waals surface area contributed by atoms with Crippen molar-refractivity contribution < 1.29 is 21.5 Å². The topological polar surface area (TPSA) is 0 Å². The van der Waals surface area contributed by atoms with Crippen molar-refractivity contribution in [3.8, 4) is 0 Å². The Morgan fingerprint density at radius 3 is 1.50 bits per heavy atom. The quantitative estimate of drug-likeness (QED) is 0.419. The summed E-state index contributed by atoms with van der Waals surface area (Å²) in [5.74, 6) is 0. The van der Waals surface area contributed by atoms with E-state index in [1.54, 1.807) is 0 Å². The predicted octanol–water partition coefficient (Wildman–Crippen LogP) is -1.77. The molecule has 0 fully saturated rings. The van der Waals surface area contributed by atoms with Crippen molar-refractivity contribution in [1.29, 1.82) is 0 Å². The van der Waals surface area contributed by atoms with Crippen LogP contribution in [0.25, 0.3) is 0 Å². The van der Waals surface area contributed by atoms with Crippen molar-refractivity contribution in [2.75, 3.05) is 21.1 Å². The van der Waals surface area contributed by atoms with E-state index in [0.717, 1.165) is 4.48 Å². The van der Waals surface area contributed by atoms with E-state index in [1.165, 1.54) is 0 Å². The van der Waals surface area contributed by atoms with Gasteiger partial charge in [-0.3, -0.25) is 0 Å². The normalized spacial score (nSPS) is 11.5. The van der Waals surface area contributed by atoms with Crippen LogP contribution in [0.5, 0.6) is 0 Å². The summed E-state index contributed by atoms with van der Waals surface area (Å²) in [6.07, 6.45) is 4.18. The SMILES string of the molecule is CC=C[N+](C)(C)C.[Br-]. The van der Waals surface area contributed by atoms with Gasteiger partial charge in [-0.15, -0.1) is 0 Å². The van der Waals surface area contributed by atoms with E-state index in [0.29, 0.717) is 0 Å². The molecule has 0 aliphatic heterocycles. The number of hydrogen-bond donors (Lipinski definition) is 0. The van der Waals surface area contributed by atoms with Gasteiger partial charge in [0.05, 0.1) is 27.3 Å². The highest BCUT2D eigenvalue weighted by Crippen LogP contribution is 1.88. The van der Waals surface area contributed by atoms with Crippen LogP contribution in [-0.2, 0) is 0 Å². The van der Waals surface area contributed by atoms with Gasteiger partial charge >= 0.3 is 0 Å². The van der Waals surface area contributed by atoms with Crippen LogP contribution < -0.4 is 17.0 Å². The molecule has 0 radical (unpaired) electrons. The summed E-state index contributed by atoms with van der Waals surface area (Å²) in [6, 6.07) is 0. The molecule has 0 spiro atoms. The molecule has 8 heavy (non-hydrogen) atoms. The van der Waals surface area contributed by atoms with Gasteiger partial charge in [0, 0.05) is 0 Å². The summed E-state index contributed by atoms with van der Waals surface area (Å²) in [5.41, 5.74) is 0. The summed E-state index contributed by atoms with van der Waals surface area (Å²) >= 11 is 0. The molecule has 0 aliphatic carbocycles. The predicted molar refractivity (Wildman–Crippen MR) is 32.8 cm³/mol. The molecule has 2 heteroatoms. The smallest absolute Gasteiger partial charge is 0.0908 e. The van der Waals surface area contributed by atoms with Gasteiger partial charge in [-0.1, -0.05) is 0 Å². The van der Waals surface area contributed by atoms with Gasteiger partial charge in [0.1, 0.15) is 0 Å². The third-order valence-corrected chi connectivity index (χ3v) is 0.596. The highest BCUT2D eigenvalue weighted by molar-refractivity contribution is 4.64. The number of allylic oxidation sites excluding steroid dienone is 1. The van der Waals surface area contributed by atoms with Crippen LogP contribution in [0, 0.1) is 0 Å². The van der Waals surface area contributed by atoms with Crippen molar-refractivity contribution in [1.82, 2.24) is 0 Å². The van der Waals surface area contributed by atoms with Crippen LogP contribution in [-0.4, -0.2) is 25.6 Å². The second-order valence-electron chi connectivity index (χ2n) is 2.60. The molecule has 0 heterocycles. The average molecular weight is 180 g/mol. The zero-order chi connectivity index (χ0) is 5.91. The first kappa shape index (κ1) is 11.0. The Hall–Kier alpha value is 0.180. The van der Waals surface area contributed by atoms with Gasteiger partial charge in [0.15, 0.2) is 0 Å². The first-order valence-corrected chi connectivity index (χ1v) is 2.51. The Labute approximate surface area is 62.4 Å². The minimum Gasteiger partial charge on any atom is -1.00 e. The fourth-order valence-electron chi connectivity index (χ4n) is 0.447. The summed E-state index contributed by atoms with van der Waals surface area (Å²) in [7, 11) is 6.38.